The van der Waals surface area contributed by atoms with Gasteiger partial charge in [-0.05, 0) is 113 Å². The van der Waals surface area contributed by atoms with Crippen molar-refractivity contribution in [2.45, 2.75) is 102 Å². The topological polar surface area (TPSA) is 166 Å². The molecule has 3 N–H and O–H groups in total. The van der Waals surface area contributed by atoms with Crippen LogP contribution in [0, 0.1) is 23.7 Å². The van der Waals surface area contributed by atoms with Gasteiger partial charge in [-0.2, -0.15) is 0 Å². The van der Waals surface area contributed by atoms with E-state index in [1.54, 1.807) is 24.3 Å². The molecule has 13 heteroatoms. The third kappa shape index (κ3) is 10.2. The van der Waals surface area contributed by atoms with E-state index in [1.165, 1.54) is 7.11 Å². The van der Waals surface area contributed by atoms with E-state index in [0.717, 1.165) is 55.9 Å². The molecule has 6 rings (SSSR count). The van der Waals surface area contributed by atoms with E-state index in [9.17, 15) is 24.9 Å². The van der Waals surface area contributed by atoms with Crippen LogP contribution in [0.15, 0.2) is 65.9 Å². The molecule has 2 aromatic rings. The van der Waals surface area contributed by atoms with Gasteiger partial charge in [0.1, 0.15) is 34.6 Å². The van der Waals surface area contributed by atoms with E-state index in [4.69, 9.17) is 33.7 Å². The molecule has 2 saturated carbocycles. The number of aldehydes is 1. The number of amides is 1. The highest BCUT2D eigenvalue weighted by molar-refractivity contribution is 6.03. The summed E-state index contributed by atoms with van der Waals surface area (Å²) < 4.78 is 32.0. The molecule has 2 aromatic carbocycles. The van der Waals surface area contributed by atoms with E-state index in [-0.39, 0.29) is 82.2 Å². The average Bonchev–Trinajstić information content (AvgIpc) is 4.09. The summed E-state index contributed by atoms with van der Waals surface area (Å²) in [6.45, 7) is 10.7. The van der Waals surface area contributed by atoms with Gasteiger partial charge in [0.25, 0.3) is 0 Å². The minimum atomic E-state index is -1.40. The molecule has 6 unspecified atom stereocenters. The predicted molar refractivity (Wildman–Crippen MR) is 227 cm³/mol. The Labute approximate surface area is 354 Å². The van der Waals surface area contributed by atoms with Gasteiger partial charge in [-0.25, -0.2) is 0 Å². The Morgan fingerprint density at radius 1 is 1.00 bits per heavy atom. The van der Waals surface area contributed by atoms with Crippen molar-refractivity contribution < 1.29 is 53.4 Å². The molecule has 0 bridgehead atoms. The molecule has 1 heterocycles. The standard InChI is InChI=1S/C47H64N2O11/c1-6-23-57-47-42(49(19-24-56-25-22-52)45(54)31-13-14-31)29-39(48-60-46(2,3)4)37-27-32(11-7-9-20-50)36(12-8-10-21-51)43(44(37)47)38-28-35(16-18-41(38)59-47)58-34-15-17-40(55-5)33(26-34)30-53/h6,15-18,26-28,30-32,36,42-44,50-52H,1,7-14,19-25,29H2,2-5H3. The molecule has 0 radical (unpaired) electrons. The third-order valence-electron chi connectivity index (χ3n) is 11.9. The Balaban J connectivity index is 1.58. The first-order valence-corrected chi connectivity index (χ1v) is 21.6. The van der Waals surface area contributed by atoms with Gasteiger partial charge in [-0.3, -0.25) is 9.59 Å². The second kappa shape index (κ2) is 20.5. The number of aliphatic hydroxyl groups excluding tert-OH is 3. The zero-order valence-electron chi connectivity index (χ0n) is 35.7. The van der Waals surface area contributed by atoms with Gasteiger partial charge in [0, 0.05) is 43.6 Å². The van der Waals surface area contributed by atoms with Crippen molar-refractivity contribution in [3.63, 3.8) is 0 Å². The van der Waals surface area contributed by atoms with Gasteiger partial charge < -0.3 is 48.7 Å². The highest BCUT2D eigenvalue weighted by Gasteiger charge is 2.66. The van der Waals surface area contributed by atoms with Crippen LogP contribution in [0.5, 0.6) is 23.0 Å². The Bertz CT molecular complexity index is 1850. The number of benzene rings is 2. The maximum Gasteiger partial charge on any atom is 0.239 e. The lowest BCUT2D eigenvalue weighted by Crippen LogP contribution is -2.70. The second-order valence-electron chi connectivity index (χ2n) is 17.2. The van der Waals surface area contributed by atoms with Crippen molar-refractivity contribution in [2.75, 3.05) is 53.3 Å². The van der Waals surface area contributed by atoms with E-state index in [2.05, 4.69) is 12.7 Å². The van der Waals surface area contributed by atoms with Gasteiger partial charge in [0.2, 0.25) is 11.7 Å². The third-order valence-corrected chi connectivity index (χ3v) is 11.9. The summed E-state index contributed by atoms with van der Waals surface area (Å²) in [5, 5.41) is 34.3. The number of carbonyl (C=O) groups excluding carboxylic acids is 2. The zero-order valence-corrected chi connectivity index (χ0v) is 35.7. The highest BCUT2D eigenvalue weighted by atomic mass is 16.7. The number of methoxy groups -OCH3 is 1. The molecule has 4 aliphatic rings. The Morgan fingerprint density at radius 2 is 1.73 bits per heavy atom. The lowest BCUT2D eigenvalue weighted by atomic mass is 9.55. The molecule has 0 saturated heterocycles. The van der Waals surface area contributed by atoms with Crippen LogP contribution >= 0.6 is 0 Å². The molecule has 328 valence electrons. The van der Waals surface area contributed by atoms with E-state index in [0.29, 0.717) is 47.1 Å². The van der Waals surface area contributed by atoms with Crippen molar-refractivity contribution in [3.05, 3.63) is 71.8 Å². The lowest BCUT2D eigenvalue weighted by molar-refractivity contribution is -0.258. The van der Waals surface area contributed by atoms with E-state index >= 15 is 0 Å². The zero-order chi connectivity index (χ0) is 42.9. The van der Waals surface area contributed by atoms with Crippen LogP contribution < -0.4 is 14.2 Å². The van der Waals surface area contributed by atoms with Gasteiger partial charge >= 0.3 is 0 Å². The SMILES string of the molecule is C=CCOC12Oc3ccc(Oc4ccc(OC)c(C=O)c4)cc3C3C(CCCCO)C(CCCCO)C=C(C(=NOC(C)(C)C)CC1N(CCOCCO)C(=O)C1CC1)C32. The van der Waals surface area contributed by atoms with Crippen LogP contribution in [0.4, 0.5) is 0 Å². The molecular formula is C47H64N2O11. The number of unbranched alkanes of at least 4 members (excludes halogenated alkanes) is 2. The maximum atomic E-state index is 14.5. The van der Waals surface area contributed by atoms with Crippen molar-refractivity contribution in [2.24, 2.45) is 28.8 Å². The number of aliphatic hydroxyl groups is 3. The number of rotatable bonds is 23. The van der Waals surface area contributed by atoms with Gasteiger partial charge in [-0.15, -0.1) is 6.58 Å². The summed E-state index contributed by atoms with van der Waals surface area (Å²) >= 11 is 0. The summed E-state index contributed by atoms with van der Waals surface area (Å²) in [4.78, 5) is 34.5. The first-order chi connectivity index (χ1) is 29.0. The largest absolute Gasteiger partial charge is 0.496 e. The van der Waals surface area contributed by atoms with Gasteiger partial charge in [0.05, 0.1) is 50.7 Å². The summed E-state index contributed by atoms with van der Waals surface area (Å²) in [6.07, 6.45) is 11.1. The van der Waals surface area contributed by atoms with Crippen molar-refractivity contribution >= 4 is 17.9 Å². The molecule has 13 nitrogen and oxygen atoms in total. The molecule has 1 amide bonds. The number of fused-ring (bicyclic) bond motifs is 2. The van der Waals surface area contributed by atoms with Crippen LogP contribution in [0.25, 0.3) is 0 Å². The molecular weight excluding hydrogens is 769 g/mol. The first kappa shape index (κ1) is 45.3. The normalized spacial score (nSPS) is 25.0. The molecule has 0 spiro atoms. The second-order valence-corrected chi connectivity index (χ2v) is 17.2. The fourth-order valence-corrected chi connectivity index (χ4v) is 9.22. The van der Waals surface area contributed by atoms with Crippen LogP contribution in [-0.4, -0.2) is 109 Å². The molecule has 6 atom stereocenters. The summed E-state index contributed by atoms with van der Waals surface area (Å²) in [7, 11) is 1.51. The van der Waals surface area contributed by atoms with Crippen molar-refractivity contribution in [3.8, 4) is 23.0 Å². The Kier molecular flexibility index (Phi) is 15.5. The number of allylic oxidation sites excluding steroid dienone is 1. The fraction of sp³-hybridized carbons (Fsp3) is 0.596. The molecule has 1 aliphatic heterocycles. The smallest absolute Gasteiger partial charge is 0.239 e. The number of hydrogen-bond donors (Lipinski definition) is 3. The van der Waals surface area contributed by atoms with Crippen LogP contribution in [0.2, 0.25) is 0 Å². The minimum Gasteiger partial charge on any atom is -0.496 e. The first-order valence-electron chi connectivity index (χ1n) is 21.6. The van der Waals surface area contributed by atoms with Crippen molar-refractivity contribution in [1.29, 1.82) is 0 Å². The monoisotopic (exact) mass is 832 g/mol. The number of ether oxygens (including phenoxy) is 5. The number of carbonyl (C=O) groups is 2. The number of oxime groups is 1. The Hall–Kier alpha value is -4.27. The lowest BCUT2D eigenvalue weighted by Gasteiger charge is -2.60. The summed E-state index contributed by atoms with van der Waals surface area (Å²) in [5.41, 5.74) is 2.33. The van der Waals surface area contributed by atoms with Crippen molar-refractivity contribution in [1.82, 2.24) is 4.90 Å². The summed E-state index contributed by atoms with van der Waals surface area (Å²) in [6, 6.07) is 10.2. The maximum absolute atomic E-state index is 14.5. The molecule has 60 heavy (non-hydrogen) atoms. The number of nitrogens with zero attached hydrogens (tertiary/aromatic N) is 2. The van der Waals surface area contributed by atoms with E-state index < -0.39 is 23.3 Å². The van der Waals surface area contributed by atoms with E-state index in [1.807, 2.05) is 43.9 Å². The van der Waals surface area contributed by atoms with Crippen LogP contribution in [-0.2, 0) is 19.1 Å². The molecule has 3 aliphatic carbocycles. The van der Waals surface area contributed by atoms with Gasteiger partial charge in [0.15, 0.2) is 6.29 Å². The fourth-order valence-electron chi connectivity index (χ4n) is 9.22. The van der Waals surface area contributed by atoms with Crippen LogP contribution in [0.3, 0.4) is 0 Å². The number of hydrogen-bond acceptors (Lipinski definition) is 12. The molecule has 0 aromatic heterocycles. The predicted octanol–water partition coefficient (Wildman–Crippen LogP) is 6.98. The van der Waals surface area contributed by atoms with Gasteiger partial charge in [-0.1, -0.05) is 30.1 Å². The highest BCUT2D eigenvalue weighted by Crippen LogP contribution is 2.62. The Morgan fingerprint density at radius 3 is 2.40 bits per heavy atom. The summed E-state index contributed by atoms with van der Waals surface area (Å²) in [5.74, 6) is -0.106. The van der Waals surface area contributed by atoms with Crippen LogP contribution in [0.1, 0.15) is 100 Å². The molecule has 2 fully saturated rings. The quantitative estimate of drug-likeness (QED) is 0.0458. The average molecular weight is 833 g/mol. The minimum absolute atomic E-state index is 0.00115.